The molecule has 0 heterocycles. The predicted molar refractivity (Wildman–Crippen MR) is 71.2 cm³/mol. The molecule has 3 atom stereocenters. The molecule has 1 fully saturated rings. The molecule has 102 valence electrons. The van der Waals surface area contributed by atoms with Gasteiger partial charge in [0.05, 0.1) is 0 Å². The molecule has 0 aromatic heterocycles. The fourth-order valence-electron chi connectivity index (χ4n) is 2.57. The Morgan fingerprint density at radius 2 is 1.94 bits per heavy atom. The second-order valence-corrected chi connectivity index (χ2v) is 5.81. The Balaban J connectivity index is 2.60. The first-order valence-corrected chi connectivity index (χ1v) is 6.86. The molecule has 1 aliphatic carbocycles. The zero-order valence-electron chi connectivity index (χ0n) is 11.2. The van der Waals surface area contributed by atoms with Gasteiger partial charge in [-0.1, -0.05) is 27.2 Å². The summed E-state index contributed by atoms with van der Waals surface area (Å²) in [6.45, 7) is 6.48. The van der Waals surface area contributed by atoms with E-state index < -0.39 is 11.2 Å². The van der Waals surface area contributed by atoms with Crippen LogP contribution in [0, 0.1) is 17.8 Å². The van der Waals surface area contributed by atoms with E-state index in [1.807, 2.05) is 0 Å². The Labute approximate surface area is 114 Å². The molecule has 18 heavy (non-hydrogen) atoms. The molecule has 0 aliphatic heterocycles. The fraction of sp³-hybridized carbons (Fsp3) is 0.714. The average molecular weight is 273 g/mol. The molecule has 0 spiro atoms. The quantitative estimate of drug-likeness (QED) is 0.448. The van der Waals surface area contributed by atoms with E-state index in [-0.39, 0.29) is 6.10 Å². The minimum Gasteiger partial charge on any atom is -0.459 e. The van der Waals surface area contributed by atoms with Crippen molar-refractivity contribution in [3.63, 3.8) is 0 Å². The van der Waals surface area contributed by atoms with Crippen molar-refractivity contribution in [2.45, 2.75) is 46.1 Å². The second kappa shape index (κ2) is 6.93. The maximum absolute atomic E-state index is 11.6. The highest BCUT2D eigenvalue weighted by Crippen LogP contribution is 2.35. The van der Waals surface area contributed by atoms with Crippen LogP contribution in [-0.4, -0.2) is 17.3 Å². The SMILES string of the molecule is CC1CCC(C(C)C)C(OC(=O)/C=C/C(=O)Cl)C1. The third-order valence-corrected chi connectivity index (χ3v) is 3.71. The lowest BCUT2D eigenvalue weighted by Crippen LogP contribution is -2.35. The first-order valence-electron chi connectivity index (χ1n) is 6.48. The summed E-state index contributed by atoms with van der Waals surface area (Å²) in [5.74, 6) is 1.00. The van der Waals surface area contributed by atoms with Crippen LogP contribution < -0.4 is 0 Å². The van der Waals surface area contributed by atoms with Crippen LogP contribution in [0.5, 0.6) is 0 Å². The van der Waals surface area contributed by atoms with Gasteiger partial charge in [0, 0.05) is 12.2 Å². The third kappa shape index (κ3) is 4.81. The maximum Gasteiger partial charge on any atom is 0.331 e. The monoisotopic (exact) mass is 272 g/mol. The summed E-state index contributed by atoms with van der Waals surface area (Å²) in [4.78, 5) is 22.1. The van der Waals surface area contributed by atoms with Crippen molar-refractivity contribution in [3.8, 4) is 0 Å². The van der Waals surface area contributed by atoms with Gasteiger partial charge in [-0.15, -0.1) is 0 Å². The minimum atomic E-state index is -0.663. The number of hydrogen-bond donors (Lipinski definition) is 0. The molecule has 0 radical (unpaired) electrons. The van der Waals surface area contributed by atoms with Gasteiger partial charge in [-0.2, -0.15) is 0 Å². The van der Waals surface area contributed by atoms with Crippen molar-refractivity contribution in [1.29, 1.82) is 0 Å². The van der Waals surface area contributed by atoms with Gasteiger partial charge in [0.15, 0.2) is 0 Å². The molecule has 3 nitrogen and oxygen atoms in total. The van der Waals surface area contributed by atoms with Crippen LogP contribution in [0.4, 0.5) is 0 Å². The Morgan fingerprint density at radius 3 is 2.50 bits per heavy atom. The van der Waals surface area contributed by atoms with Crippen LogP contribution >= 0.6 is 11.6 Å². The summed E-state index contributed by atoms with van der Waals surface area (Å²) in [6, 6.07) is 0. The lowest BCUT2D eigenvalue weighted by Gasteiger charge is -2.36. The highest BCUT2D eigenvalue weighted by molar-refractivity contribution is 6.66. The van der Waals surface area contributed by atoms with Gasteiger partial charge in [0.25, 0.3) is 0 Å². The Bertz CT molecular complexity index is 336. The fourth-order valence-corrected chi connectivity index (χ4v) is 2.64. The Kier molecular flexibility index (Phi) is 5.86. The predicted octanol–water partition coefficient (Wildman–Crippen LogP) is 3.31. The van der Waals surface area contributed by atoms with E-state index in [0.717, 1.165) is 25.0 Å². The standard InChI is InChI=1S/C14H21ClO3/c1-9(2)11-5-4-10(3)8-12(11)18-14(17)7-6-13(15)16/h6-7,9-12H,4-5,8H2,1-3H3/b7-6+. The largest absolute Gasteiger partial charge is 0.459 e. The van der Waals surface area contributed by atoms with E-state index >= 15 is 0 Å². The molecule has 4 heteroatoms. The topological polar surface area (TPSA) is 43.4 Å². The highest BCUT2D eigenvalue weighted by atomic mass is 35.5. The van der Waals surface area contributed by atoms with Gasteiger partial charge in [-0.3, -0.25) is 4.79 Å². The summed E-state index contributed by atoms with van der Waals surface area (Å²) in [5, 5.41) is -0.663. The van der Waals surface area contributed by atoms with Crippen molar-refractivity contribution in [2.24, 2.45) is 17.8 Å². The van der Waals surface area contributed by atoms with Crippen molar-refractivity contribution in [1.82, 2.24) is 0 Å². The number of halogens is 1. The number of allylic oxidation sites excluding steroid dienone is 1. The maximum atomic E-state index is 11.6. The van der Waals surface area contributed by atoms with Crippen LogP contribution in [0.3, 0.4) is 0 Å². The number of ether oxygens (including phenoxy) is 1. The van der Waals surface area contributed by atoms with E-state index in [2.05, 4.69) is 20.8 Å². The summed E-state index contributed by atoms with van der Waals surface area (Å²) in [6.07, 6.45) is 5.27. The minimum absolute atomic E-state index is 0.0451. The van der Waals surface area contributed by atoms with Gasteiger partial charge in [0.1, 0.15) is 6.10 Å². The molecule has 3 unspecified atom stereocenters. The van der Waals surface area contributed by atoms with E-state index in [4.69, 9.17) is 16.3 Å². The number of carbonyl (C=O) groups is 2. The van der Waals surface area contributed by atoms with Crippen molar-refractivity contribution in [3.05, 3.63) is 12.2 Å². The Morgan fingerprint density at radius 1 is 1.28 bits per heavy atom. The Hall–Kier alpha value is -0.830. The molecule has 0 aromatic rings. The van der Waals surface area contributed by atoms with Crippen molar-refractivity contribution < 1.29 is 14.3 Å². The average Bonchev–Trinajstić information content (AvgIpc) is 2.26. The zero-order chi connectivity index (χ0) is 13.7. The highest BCUT2D eigenvalue weighted by Gasteiger charge is 2.32. The van der Waals surface area contributed by atoms with E-state index in [0.29, 0.717) is 17.8 Å². The van der Waals surface area contributed by atoms with Crippen molar-refractivity contribution >= 4 is 22.8 Å². The first kappa shape index (κ1) is 15.2. The first-order chi connectivity index (χ1) is 8.40. The van der Waals surface area contributed by atoms with Gasteiger partial charge in [-0.05, 0) is 42.2 Å². The van der Waals surface area contributed by atoms with Gasteiger partial charge < -0.3 is 4.74 Å². The summed E-state index contributed by atoms with van der Waals surface area (Å²) in [5.41, 5.74) is 0. The van der Waals surface area contributed by atoms with Gasteiger partial charge in [0.2, 0.25) is 5.24 Å². The van der Waals surface area contributed by atoms with Gasteiger partial charge in [-0.25, -0.2) is 4.79 Å². The summed E-state index contributed by atoms with van der Waals surface area (Å²) in [7, 11) is 0. The molecule has 0 saturated heterocycles. The molecular weight excluding hydrogens is 252 g/mol. The third-order valence-electron chi connectivity index (χ3n) is 3.58. The molecule has 1 aliphatic rings. The van der Waals surface area contributed by atoms with Crippen LogP contribution in [0.1, 0.15) is 40.0 Å². The van der Waals surface area contributed by atoms with Crippen LogP contribution in [0.25, 0.3) is 0 Å². The van der Waals surface area contributed by atoms with Crippen LogP contribution in [0.15, 0.2) is 12.2 Å². The molecule has 0 N–H and O–H groups in total. The van der Waals surface area contributed by atoms with Crippen LogP contribution in [-0.2, 0) is 14.3 Å². The molecule has 1 rings (SSSR count). The van der Waals surface area contributed by atoms with Crippen LogP contribution in [0.2, 0.25) is 0 Å². The molecule has 0 aromatic carbocycles. The molecule has 0 bridgehead atoms. The lowest BCUT2D eigenvalue weighted by molar-refractivity contribution is -0.149. The summed E-state index contributed by atoms with van der Waals surface area (Å²) >= 11 is 5.13. The summed E-state index contributed by atoms with van der Waals surface area (Å²) < 4.78 is 5.45. The van der Waals surface area contributed by atoms with Gasteiger partial charge >= 0.3 is 5.97 Å². The smallest absolute Gasteiger partial charge is 0.331 e. The second-order valence-electron chi connectivity index (χ2n) is 5.44. The van der Waals surface area contributed by atoms with E-state index in [1.54, 1.807) is 0 Å². The molecule has 0 amide bonds. The van der Waals surface area contributed by atoms with E-state index in [9.17, 15) is 9.59 Å². The number of hydrogen-bond acceptors (Lipinski definition) is 3. The number of carbonyl (C=O) groups excluding carboxylic acids is 2. The number of esters is 1. The molecular formula is C14H21ClO3. The van der Waals surface area contributed by atoms with E-state index in [1.165, 1.54) is 6.42 Å². The number of rotatable bonds is 4. The molecule has 1 saturated carbocycles. The normalized spacial score (nSPS) is 28.6. The lowest BCUT2D eigenvalue weighted by atomic mass is 9.75. The van der Waals surface area contributed by atoms with Crippen molar-refractivity contribution in [2.75, 3.05) is 0 Å². The zero-order valence-corrected chi connectivity index (χ0v) is 11.9.